The van der Waals surface area contributed by atoms with Gasteiger partial charge in [0, 0.05) is 50.5 Å². The second-order valence-corrected chi connectivity index (χ2v) is 8.84. The molecule has 5 aromatic rings. The number of hydrogen-bond acceptors (Lipinski definition) is 5. The molecular formula is C27H26FN7O3. The summed E-state index contributed by atoms with van der Waals surface area (Å²) in [5.41, 5.74) is 4.37. The number of hydrogen-bond donors (Lipinski definition) is 3. The third-order valence-electron chi connectivity index (χ3n) is 6.23. The number of nitrogens with one attached hydrogen (secondary N) is 2. The Balaban J connectivity index is 1.42. The first-order valence-corrected chi connectivity index (χ1v) is 11.9. The number of carbonyl (C=O) groups is 2. The molecule has 3 amide bonds. The van der Waals surface area contributed by atoms with Gasteiger partial charge in [0.15, 0.2) is 5.65 Å². The Morgan fingerprint density at radius 1 is 1.08 bits per heavy atom. The minimum atomic E-state index is -0.423. The number of aromatic nitrogens is 4. The van der Waals surface area contributed by atoms with Crippen LogP contribution in [0.2, 0.25) is 0 Å². The fraction of sp³-hybridized carbons (Fsp3) is 0.185. The van der Waals surface area contributed by atoms with Gasteiger partial charge in [0.05, 0.1) is 12.2 Å². The summed E-state index contributed by atoms with van der Waals surface area (Å²) in [5, 5.41) is 19.5. The second-order valence-electron chi connectivity index (χ2n) is 8.84. The highest BCUT2D eigenvalue weighted by Crippen LogP contribution is 2.28. The molecule has 0 aliphatic rings. The van der Waals surface area contributed by atoms with Gasteiger partial charge in [-0.3, -0.25) is 9.69 Å². The van der Waals surface area contributed by atoms with Crippen LogP contribution < -0.4 is 15.5 Å². The number of carbonyl (C=O) groups excluding carboxylic acids is 2. The summed E-state index contributed by atoms with van der Waals surface area (Å²) in [5.74, 6) is -0.384. The van der Waals surface area contributed by atoms with Gasteiger partial charge in [-0.2, -0.15) is 4.98 Å². The van der Waals surface area contributed by atoms with Crippen LogP contribution in [0.1, 0.15) is 15.9 Å². The highest BCUT2D eigenvalue weighted by Gasteiger charge is 2.17. The van der Waals surface area contributed by atoms with Gasteiger partial charge < -0.3 is 20.3 Å². The van der Waals surface area contributed by atoms with Gasteiger partial charge in [0.2, 0.25) is 0 Å². The lowest BCUT2D eigenvalue weighted by molar-refractivity contribution is 0.0952. The van der Waals surface area contributed by atoms with Crippen LogP contribution in [0.15, 0.2) is 67.0 Å². The summed E-state index contributed by atoms with van der Waals surface area (Å²) >= 11 is 0. The van der Waals surface area contributed by atoms with E-state index < -0.39 is 6.03 Å². The van der Waals surface area contributed by atoms with Gasteiger partial charge in [-0.25, -0.2) is 13.7 Å². The number of aryl methyl sites for hydroxylation is 1. The third-order valence-corrected chi connectivity index (χ3v) is 6.23. The van der Waals surface area contributed by atoms with Crippen LogP contribution in [0.25, 0.3) is 27.7 Å². The molecule has 5 rings (SSSR count). The molecule has 2 aromatic carbocycles. The van der Waals surface area contributed by atoms with E-state index in [2.05, 4.69) is 20.7 Å². The van der Waals surface area contributed by atoms with Crippen molar-refractivity contribution in [2.75, 3.05) is 25.1 Å². The maximum absolute atomic E-state index is 13.5. The smallest absolute Gasteiger partial charge is 0.324 e. The summed E-state index contributed by atoms with van der Waals surface area (Å²) in [4.78, 5) is 31.0. The normalized spacial score (nSPS) is 11.2. The van der Waals surface area contributed by atoms with Crippen LogP contribution >= 0.6 is 0 Å². The standard InChI is InChI=1S/C27H26FN7O3/c1-33-16-22(25(37)30-15-17-4-3-5-20(28)12-17)21-13-18(6-7-23(21)33)19-8-10-35-24(14-19)31-26(32-35)34(2)27(38)29-9-11-36/h3-8,10,12-14,16,36H,9,11,15H2,1-2H3,(H,29,38)(H,30,37). The maximum Gasteiger partial charge on any atom is 0.324 e. The Labute approximate surface area is 217 Å². The third kappa shape index (κ3) is 4.91. The fourth-order valence-electron chi connectivity index (χ4n) is 4.24. The SMILES string of the molecule is CN(C(=O)NCCO)c1nc2cc(-c3ccc4c(c3)c(C(=O)NCc3cccc(F)c3)cn4C)ccn2n1. The minimum Gasteiger partial charge on any atom is -0.395 e. The van der Waals surface area contributed by atoms with Gasteiger partial charge in [-0.15, -0.1) is 5.10 Å². The number of aliphatic hydroxyl groups excluding tert-OH is 1. The van der Waals surface area contributed by atoms with Gasteiger partial charge in [0.1, 0.15) is 5.82 Å². The van der Waals surface area contributed by atoms with Crippen molar-refractivity contribution in [1.82, 2.24) is 29.8 Å². The van der Waals surface area contributed by atoms with E-state index in [0.29, 0.717) is 16.8 Å². The first-order valence-electron chi connectivity index (χ1n) is 11.9. The molecule has 0 spiro atoms. The van der Waals surface area contributed by atoms with E-state index in [0.717, 1.165) is 22.0 Å². The van der Waals surface area contributed by atoms with E-state index in [4.69, 9.17) is 5.11 Å². The van der Waals surface area contributed by atoms with E-state index >= 15 is 0 Å². The lowest BCUT2D eigenvalue weighted by Gasteiger charge is -2.12. The van der Waals surface area contributed by atoms with Crippen LogP contribution in [0.4, 0.5) is 15.1 Å². The minimum absolute atomic E-state index is 0.132. The summed E-state index contributed by atoms with van der Waals surface area (Å²) in [6.45, 7) is 0.183. The van der Waals surface area contributed by atoms with Crippen molar-refractivity contribution in [1.29, 1.82) is 0 Å². The molecule has 0 atom stereocenters. The molecule has 10 nitrogen and oxygen atoms in total. The van der Waals surface area contributed by atoms with E-state index in [9.17, 15) is 14.0 Å². The molecule has 0 radical (unpaired) electrons. The Bertz CT molecular complexity index is 1660. The molecule has 0 saturated heterocycles. The maximum atomic E-state index is 13.5. The largest absolute Gasteiger partial charge is 0.395 e. The predicted molar refractivity (Wildman–Crippen MR) is 141 cm³/mol. The first kappa shape index (κ1) is 24.9. The number of anilines is 1. The van der Waals surface area contributed by atoms with Gasteiger partial charge in [-0.1, -0.05) is 18.2 Å². The molecule has 0 aliphatic heterocycles. The molecule has 3 N–H and O–H groups in total. The van der Waals surface area contributed by atoms with Crippen molar-refractivity contribution >= 4 is 34.4 Å². The van der Waals surface area contributed by atoms with Crippen LogP contribution in [0.3, 0.4) is 0 Å². The van der Waals surface area contributed by atoms with E-state index in [-0.39, 0.29) is 37.4 Å². The zero-order valence-corrected chi connectivity index (χ0v) is 20.8. The topological polar surface area (TPSA) is 117 Å². The number of fused-ring (bicyclic) bond motifs is 2. The van der Waals surface area contributed by atoms with Crippen LogP contribution in [0.5, 0.6) is 0 Å². The number of aliphatic hydroxyl groups is 1. The molecule has 0 aliphatic carbocycles. The zero-order valence-electron chi connectivity index (χ0n) is 20.8. The summed E-state index contributed by atoms with van der Waals surface area (Å²) in [6.07, 6.45) is 3.53. The van der Waals surface area contributed by atoms with Gasteiger partial charge >= 0.3 is 6.03 Å². The highest BCUT2D eigenvalue weighted by molar-refractivity contribution is 6.08. The summed E-state index contributed by atoms with van der Waals surface area (Å²) < 4.78 is 17.0. The Hall–Kier alpha value is -4.77. The molecule has 0 bridgehead atoms. The lowest BCUT2D eigenvalue weighted by atomic mass is 10.0. The monoisotopic (exact) mass is 515 g/mol. The molecule has 194 valence electrons. The van der Waals surface area contributed by atoms with Crippen LogP contribution in [-0.2, 0) is 13.6 Å². The molecule has 11 heteroatoms. The number of nitrogens with zero attached hydrogens (tertiary/aromatic N) is 5. The van der Waals surface area contributed by atoms with Crippen molar-refractivity contribution < 1.29 is 19.1 Å². The fourth-order valence-corrected chi connectivity index (χ4v) is 4.24. The van der Waals surface area contributed by atoms with Crippen LogP contribution in [-0.4, -0.2) is 56.4 Å². The van der Waals surface area contributed by atoms with Crippen molar-refractivity contribution in [2.24, 2.45) is 7.05 Å². The number of rotatable bonds is 7. The van der Waals surface area contributed by atoms with Gasteiger partial charge in [-0.05, 0) is 53.1 Å². The van der Waals surface area contributed by atoms with Gasteiger partial charge in [0.25, 0.3) is 11.9 Å². The summed E-state index contributed by atoms with van der Waals surface area (Å²) in [6, 6.07) is 15.3. The highest BCUT2D eigenvalue weighted by atomic mass is 19.1. The zero-order chi connectivity index (χ0) is 26.8. The molecular weight excluding hydrogens is 489 g/mol. The Kier molecular flexibility index (Phi) is 6.75. The van der Waals surface area contributed by atoms with E-state index in [1.807, 2.05) is 41.9 Å². The number of pyridine rings is 1. The van der Waals surface area contributed by atoms with Crippen LogP contribution in [0, 0.1) is 5.82 Å². The molecule has 3 aromatic heterocycles. The van der Waals surface area contributed by atoms with Crippen molar-refractivity contribution in [3.63, 3.8) is 0 Å². The molecule has 3 heterocycles. The Morgan fingerprint density at radius 2 is 1.89 bits per heavy atom. The average Bonchev–Trinajstić information content (AvgIpc) is 3.50. The number of amides is 3. The quantitative estimate of drug-likeness (QED) is 0.308. The summed E-state index contributed by atoms with van der Waals surface area (Å²) in [7, 11) is 3.43. The average molecular weight is 516 g/mol. The molecule has 0 fully saturated rings. The number of urea groups is 1. The van der Waals surface area contributed by atoms with Crippen molar-refractivity contribution in [3.05, 3.63) is 83.9 Å². The lowest BCUT2D eigenvalue weighted by Crippen LogP contribution is -2.39. The second kappa shape index (κ2) is 10.3. The molecule has 0 unspecified atom stereocenters. The van der Waals surface area contributed by atoms with E-state index in [1.165, 1.54) is 17.0 Å². The number of halogens is 1. The predicted octanol–water partition coefficient (Wildman–Crippen LogP) is 3.10. The number of benzene rings is 2. The van der Waals surface area contributed by atoms with Crippen molar-refractivity contribution in [2.45, 2.75) is 6.54 Å². The Morgan fingerprint density at radius 3 is 2.68 bits per heavy atom. The molecule has 0 saturated carbocycles. The van der Waals surface area contributed by atoms with E-state index in [1.54, 1.807) is 36.1 Å². The molecule has 38 heavy (non-hydrogen) atoms. The first-order chi connectivity index (χ1) is 18.3. The van der Waals surface area contributed by atoms with Crippen molar-refractivity contribution in [3.8, 4) is 11.1 Å².